The number of hydrogen-bond donors (Lipinski definition) is 2. The highest BCUT2D eigenvalue weighted by molar-refractivity contribution is 7.15. The summed E-state index contributed by atoms with van der Waals surface area (Å²) in [5, 5.41) is 20.8. The van der Waals surface area contributed by atoms with Crippen LogP contribution in [0.5, 0.6) is 0 Å². The number of imidazole rings is 1. The van der Waals surface area contributed by atoms with Gasteiger partial charge >= 0.3 is 0 Å². The third-order valence-corrected chi connectivity index (χ3v) is 5.04. The molecule has 3 aromatic rings. The summed E-state index contributed by atoms with van der Waals surface area (Å²) in [6, 6.07) is 9.65. The van der Waals surface area contributed by atoms with E-state index in [0.29, 0.717) is 21.4 Å². The first kappa shape index (κ1) is 14.7. The van der Waals surface area contributed by atoms with Crippen molar-refractivity contribution in [2.45, 2.75) is 12.8 Å². The Hall–Kier alpha value is -2.86. The molecule has 4 rings (SSSR count). The summed E-state index contributed by atoms with van der Waals surface area (Å²) in [6.45, 7) is 3.65. The highest BCUT2D eigenvalue weighted by Crippen LogP contribution is 2.35. The van der Waals surface area contributed by atoms with Crippen LogP contribution in [-0.4, -0.2) is 24.7 Å². The molecule has 2 N–H and O–H groups in total. The fourth-order valence-electron chi connectivity index (χ4n) is 2.83. The van der Waals surface area contributed by atoms with Gasteiger partial charge in [-0.3, -0.25) is 4.57 Å². The van der Waals surface area contributed by atoms with E-state index in [1.165, 1.54) is 11.3 Å². The zero-order valence-corrected chi connectivity index (χ0v) is 13.6. The summed E-state index contributed by atoms with van der Waals surface area (Å²) < 4.78 is 1.77. The third-order valence-electron chi connectivity index (χ3n) is 3.94. The van der Waals surface area contributed by atoms with Crippen LogP contribution >= 0.6 is 11.3 Å². The van der Waals surface area contributed by atoms with E-state index in [-0.39, 0.29) is 11.5 Å². The van der Waals surface area contributed by atoms with Gasteiger partial charge in [-0.2, -0.15) is 0 Å². The van der Waals surface area contributed by atoms with Crippen LogP contribution in [0, 0.1) is 0 Å². The molecule has 0 unspecified atom stereocenters. The predicted octanol–water partition coefficient (Wildman–Crippen LogP) is 4.37. The Kier molecular flexibility index (Phi) is 3.46. The minimum Gasteiger partial charge on any atom is -0.507 e. The third kappa shape index (κ3) is 2.32. The summed E-state index contributed by atoms with van der Waals surface area (Å²) in [6.07, 6.45) is 5.03. The Morgan fingerprint density at radius 2 is 2.04 bits per heavy atom. The molecule has 1 aliphatic carbocycles. The van der Waals surface area contributed by atoms with Crippen molar-refractivity contribution in [1.82, 2.24) is 14.5 Å². The molecule has 5 nitrogen and oxygen atoms in total. The Bertz CT molecular complexity index is 954. The lowest BCUT2D eigenvalue weighted by Crippen LogP contribution is -2.04. The molecule has 24 heavy (non-hydrogen) atoms. The number of rotatable bonds is 3. The first-order valence-electron chi connectivity index (χ1n) is 7.55. The molecular weight excluding hydrogens is 322 g/mol. The molecule has 2 aromatic heterocycles. The summed E-state index contributed by atoms with van der Waals surface area (Å²) in [7, 11) is 0. The minimum atomic E-state index is -0.0219. The topological polar surface area (TPSA) is 71.2 Å². The molecule has 0 aliphatic heterocycles. The van der Waals surface area contributed by atoms with E-state index in [0.717, 1.165) is 24.1 Å². The van der Waals surface area contributed by atoms with Crippen LogP contribution < -0.4 is 0 Å². The second-order valence-corrected chi connectivity index (χ2v) is 6.50. The predicted molar refractivity (Wildman–Crippen MR) is 95.3 cm³/mol. The van der Waals surface area contributed by atoms with Crippen molar-refractivity contribution in [3.8, 4) is 16.4 Å². The number of aliphatic hydroxyl groups excluding tert-OH is 2. The molecule has 0 amide bonds. The van der Waals surface area contributed by atoms with Crippen LogP contribution in [0.1, 0.15) is 22.7 Å². The normalized spacial score (nSPS) is 13.4. The molecular formula is C18H15N3O2S. The van der Waals surface area contributed by atoms with Gasteiger partial charge in [-0.25, -0.2) is 9.97 Å². The van der Waals surface area contributed by atoms with E-state index in [2.05, 4.69) is 16.5 Å². The number of aliphatic hydroxyl groups is 2. The quantitative estimate of drug-likeness (QED) is 0.696. The molecule has 120 valence electrons. The lowest BCUT2D eigenvalue weighted by atomic mass is 10.1. The molecule has 1 aliphatic rings. The zero-order chi connectivity index (χ0) is 16.7. The first-order valence-corrected chi connectivity index (χ1v) is 8.37. The van der Waals surface area contributed by atoms with Crippen molar-refractivity contribution in [3.63, 3.8) is 0 Å². The fourth-order valence-corrected chi connectivity index (χ4v) is 3.76. The monoisotopic (exact) mass is 337 g/mol. The van der Waals surface area contributed by atoms with Gasteiger partial charge in [0.25, 0.3) is 0 Å². The van der Waals surface area contributed by atoms with Crippen molar-refractivity contribution in [1.29, 1.82) is 0 Å². The SMILES string of the molecule is C=C(O)c1sc(-n2cnc3c2C(O)=CCC3)nc1-c1ccccc1. The molecule has 6 heteroatoms. The number of aryl methyl sites for hydroxylation is 1. The standard InChI is InChI=1S/C18H15N3O2S/c1-11(22)17-15(12-6-3-2-4-7-12)20-18(24-17)21-10-19-13-8-5-9-14(23)16(13)21/h2-4,6-7,9-10,22-23H,1,5,8H2. The van der Waals surface area contributed by atoms with E-state index in [1.807, 2.05) is 30.3 Å². The zero-order valence-electron chi connectivity index (χ0n) is 12.8. The van der Waals surface area contributed by atoms with Crippen LogP contribution in [0.25, 0.3) is 27.9 Å². The molecule has 0 radical (unpaired) electrons. The number of fused-ring (bicyclic) bond motifs is 1. The van der Waals surface area contributed by atoms with Crippen LogP contribution in [0.15, 0.2) is 49.3 Å². The molecule has 0 spiro atoms. The maximum absolute atomic E-state index is 10.2. The summed E-state index contributed by atoms with van der Waals surface area (Å²) in [5.41, 5.74) is 3.10. The number of benzene rings is 1. The van der Waals surface area contributed by atoms with Crippen molar-refractivity contribution in [3.05, 3.63) is 65.6 Å². The molecule has 0 saturated heterocycles. The second-order valence-electron chi connectivity index (χ2n) is 5.52. The largest absolute Gasteiger partial charge is 0.507 e. The maximum Gasteiger partial charge on any atom is 0.196 e. The molecule has 0 fully saturated rings. The molecule has 0 bridgehead atoms. The number of hydrogen-bond acceptors (Lipinski definition) is 5. The van der Waals surface area contributed by atoms with E-state index in [1.54, 1.807) is 17.0 Å². The van der Waals surface area contributed by atoms with Crippen molar-refractivity contribution < 1.29 is 10.2 Å². The number of nitrogens with zero attached hydrogens (tertiary/aromatic N) is 3. The van der Waals surface area contributed by atoms with Crippen molar-refractivity contribution >= 4 is 22.9 Å². The molecule has 1 aromatic carbocycles. The summed E-state index contributed by atoms with van der Waals surface area (Å²) in [4.78, 5) is 9.66. The number of thiazole rings is 1. The van der Waals surface area contributed by atoms with Gasteiger partial charge in [-0.15, -0.1) is 0 Å². The van der Waals surface area contributed by atoms with Gasteiger partial charge in [-0.1, -0.05) is 48.2 Å². The van der Waals surface area contributed by atoms with Crippen LogP contribution in [0.4, 0.5) is 0 Å². The highest BCUT2D eigenvalue weighted by Gasteiger charge is 2.23. The Labute approximate surface area is 142 Å². The van der Waals surface area contributed by atoms with E-state index >= 15 is 0 Å². The number of allylic oxidation sites excluding steroid dienone is 1. The second kappa shape index (κ2) is 5.65. The van der Waals surface area contributed by atoms with Crippen LogP contribution in [0.2, 0.25) is 0 Å². The van der Waals surface area contributed by atoms with Crippen LogP contribution in [0.3, 0.4) is 0 Å². The van der Waals surface area contributed by atoms with Gasteiger partial charge < -0.3 is 10.2 Å². The Morgan fingerprint density at radius 3 is 2.79 bits per heavy atom. The Balaban J connectivity index is 1.89. The summed E-state index contributed by atoms with van der Waals surface area (Å²) >= 11 is 1.32. The number of aromatic nitrogens is 3. The van der Waals surface area contributed by atoms with E-state index < -0.39 is 0 Å². The van der Waals surface area contributed by atoms with Crippen molar-refractivity contribution in [2.75, 3.05) is 0 Å². The molecule has 0 atom stereocenters. The fraction of sp³-hybridized carbons (Fsp3) is 0.111. The van der Waals surface area contributed by atoms with Gasteiger partial charge in [0.15, 0.2) is 5.13 Å². The lowest BCUT2D eigenvalue weighted by molar-refractivity contribution is 0.499. The highest BCUT2D eigenvalue weighted by atomic mass is 32.1. The van der Waals surface area contributed by atoms with Gasteiger partial charge in [0.1, 0.15) is 23.5 Å². The van der Waals surface area contributed by atoms with Gasteiger partial charge in [0, 0.05) is 5.56 Å². The minimum absolute atomic E-state index is 0.0219. The van der Waals surface area contributed by atoms with E-state index in [9.17, 15) is 10.2 Å². The van der Waals surface area contributed by atoms with Gasteiger partial charge in [0.05, 0.1) is 16.3 Å². The first-order chi connectivity index (χ1) is 11.6. The van der Waals surface area contributed by atoms with Crippen molar-refractivity contribution in [2.24, 2.45) is 0 Å². The van der Waals surface area contributed by atoms with E-state index in [4.69, 9.17) is 0 Å². The smallest absolute Gasteiger partial charge is 0.196 e. The molecule has 2 heterocycles. The average molecular weight is 337 g/mol. The lowest BCUT2D eigenvalue weighted by Gasteiger charge is -2.10. The average Bonchev–Trinajstić information content (AvgIpc) is 3.20. The maximum atomic E-state index is 10.2. The molecule has 0 saturated carbocycles. The van der Waals surface area contributed by atoms with Crippen LogP contribution in [-0.2, 0) is 6.42 Å². The van der Waals surface area contributed by atoms with Gasteiger partial charge in [0.2, 0.25) is 0 Å². The summed E-state index contributed by atoms with van der Waals surface area (Å²) in [5.74, 6) is 0.195. The van der Waals surface area contributed by atoms with Gasteiger partial charge in [-0.05, 0) is 18.9 Å². The Morgan fingerprint density at radius 1 is 1.25 bits per heavy atom.